The molecule has 1 N–H and O–H groups in total. The van der Waals surface area contributed by atoms with E-state index in [1.807, 2.05) is 98.8 Å². The van der Waals surface area contributed by atoms with Crippen molar-refractivity contribution in [2.24, 2.45) is 0 Å². The Morgan fingerprint density at radius 1 is 0.800 bits per heavy atom. The van der Waals surface area contributed by atoms with Crippen molar-refractivity contribution < 1.29 is 14.3 Å². The molecule has 5 heteroatoms. The van der Waals surface area contributed by atoms with E-state index in [9.17, 15) is 9.59 Å². The van der Waals surface area contributed by atoms with E-state index < -0.39 is 6.04 Å². The predicted molar refractivity (Wildman–Crippen MR) is 140 cm³/mol. The molecule has 0 aliphatic heterocycles. The van der Waals surface area contributed by atoms with Gasteiger partial charge in [0.1, 0.15) is 11.8 Å². The van der Waals surface area contributed by atoms with Crippen molar-refractivity contribution in [2.75, 3.05) is 6.61 Å². The molecule has 0 spiro atoms. The summed E-state index contributed by atoms with van der Waals surface area (Å²) >= 11 is 0. The van der Waals surface area contributed by atoms with Crippen molar-refractivity contribution in [3.63, 3.8) is 0 Å². The number of carbonyl (C=O) groups excluding carboxylic acids is 2. The van der Waals surface area contributed by atoms with E-state index in [-0.39, 0.29) is 24.5 Å². The van der Waals surface area contributed by atoms with Crippen LogP contribution in [0.4, 0.5) is 0 Å². The van der Waals surface area contributed by atoms with Gasteiger partial charge in [0.15, 0.2) is 6.61 Å². The van der Waals surface area contributed by atoms with Gasteiger partial charge < -0.3 is 15.0 Å². The molecule has 0 fully saturated rings. The average molecular weight is 473 g/mol. The minimum atomic E-state index is -0.667. The molecule has 0 saturated heterocycles. The van der Waals surface area contributed by atoms with Crippen LogP contribution in [-0.4, -0.2) is 35.4 Å². The number of hydrogen-bond acceptors (Lipinski definition) is 3. The first-order valence-corrected chi connectivity index (χ1v) is 12.2. The third-order valence-corrected chi connectivity index (χ3v) is 5.81. The summed E-state index contributed by atoms with van der Waals surface area (Å²) in [7, 11) is 0. The van der Waals surface area contributed by atoms with E-state index in [1.54, 1.807) is 4.90 Å². The average Bonchev–Trinajstić information content (AvgIpc) is 2.85. The summed E-state index contributed by atoms with van der Waals surface area (Å²) < 4.78 is 5.86. The Labute approximate surface area is 209 Å². The SMILES string of the molecule is CC(C)NC(=O)C(Cc1ccccc1)N(Cc1ccccc1)C(=O)COc1ccc(C(C)C)cc1. The van der Waals surface area contributed by atoms with Gasteiger partial charge in [-0.1, -0.05) is 86.6 Å². The van der Waals surface area contributed by atoms with Gasteiger partial charge in [0, 0.05) is 19.0 Å². The van der Waals surface area contributed by atoms with E-state index in [4.69, 9.17) is 4.74 Å². The van der Waals surface area contributed by atoms with Gasteiger partial charge in [-0.3, -0.25) is 9.59 Å². The number of nitrogens with zero attached hydrogens (tertiary/aromatic N) is 1. The first kappa shape index (κ1) is 26.0. The number of carbonyl (C=O) groups is 2. The number of benzene rings is 3. The zero-order valence-corrected chi connectivity index (χ0v) is 21.1. The number of ether oxygens (including phenoxy) is 1. The fourth-order valence-electron chi connectivity index (χ4n) is 3.89. The summed E-state index contributed by atoms with van der Waals surface area (Å²) in [6, 6.07) is 26.6. The Bertz CT molecular complexity index is 1060. The highest BCUT2D eigenvalue weighted by molar-refractivity contribution is 5.88. The molecule has 2 amide bonds. The zero-order chi connectivity index (χ0) is 25.2. The maximum atomic E-state index is 13.5. The number of hydrogen-bond donors (Lipinski definition) is 1. The van der Waals surface area contributed by atoms with Crippen molar-refractivity contribution in [3.05, 3.63) is 102 Å². The molecule has 3 rings (SSSR count). The van der Waals surface area contributed by atoms with Gasteiger partial charge in [-0.25, -0.2) is 0 Å². The van der Waals surface area contributed by atoms with E-state index in [0.717, 1.165) is 11.1 Å². The van der Waals surface area contributed by atoms with Crippen molar-refractivity contribution in [2.45, 2.75) is 58.7 Å². The van der Waals surface area contributed by atoms with Gasteiger partial charge >= 0.3 is 0 Å². The minimum absolute atomic E-state index is 0.0369. The second-order valence-corrected chi connectivity index (χ2v) is 9.39. The summed E-state index contributed by atoms with van der Waals surface area (Å²) in [5, 5.41) is 3.00. The molecule has 0 saturated carbocycles. The van der Waals surface area contributed by atoms with Gasteiger partial charge in [-0.15, -0.1) is 0 Å². The van der Waals surface area contributed by atoms with Crippen LogP contribution in [0.3, 0.4) is 0 Å². The molecule has 1 atom stereocenters. The molecular formula is C30H36N2O3. The van der Waals surface area contributed by atoms with Gasteiger partial charge in [0.05, 0.1) is 0 Å². The summed E-state index contributed by atoms with van der Waals surface area (Å²) in [5.41, 5.74) is 3.16. The maximum Gasteiger partial charge on any atom is 0.261 e. The highest BCUT2D eigenvalue weighted by atomic mass is 16.5. The minimum Gasteiger partial charge on any atom is -0.484 e. The third-order valence-electron chi connectivity index (χ3n) is 5.81. The van der Waals surface area contributed by atoms with Crippen LogP contribution >= 0.6 is 0 Å². The molecule has 35 heavy (non-hydrogen) atoms. The molecule has 0 aliphatic carbocycles. The normalized spacial score (nSPS) is 11.8. The van der Waals surface area contributed by atoms with Gasteiger partial charge in [0.2, 0.25) is 5.91 Å². The molecule has 3 aromatic rings. The van der Waals surface area contributed by atoms with Crippen LogP contribution in [0.25, 0.3) is 0 Å². The molecule has 1 unspecified atom stereocenters. The van der Waals surface area contributed by atoms with Crippen LogP contribution < -0.4 is 10.1 Å². The Hall–Kier alpha value is -3.60. The second kappa shape index (κ2) is 12.7. The smallest absolute Gasteiger partial charge is 0.261 e. The van der Waals surface area contributed by atoms with E-state index in [0.29, 0.717) is 24.6 Å². The maximum absolute atomic E-state index is 13.5. The monoisotopic (exact) mass is 472 g/mol. The number of amides is 2. The van der Waals surface area contributed by atoms with Crippen molar-refractivity contribution in [3.8, 4) is 5.75 Å². The first-order chi connectivity index (χ1) is 16.8. The molecule has 184 valence electrons. The Balaban J connectivity index is 1.85. The van der Waals surface area contributed by atoms with Crippen LogP contribution in [0.5, 0.6) is 5.75 Å². The molecular weight excluding hydrogens is 436 g/mol. The molecule has 0 radical (unpaired) electrons. The fourth-order valence-corrected chi connectivity index (χ4v) is 3.89. The largest absolute Gasteiger partial charge is 0.484 e. The number of nitrogens with one attached hydrogen (secondary N) is 1. The van der Waals surface area contributed by atoms with Crippen LogP contribution in [0, 0.1) is 0 Å². The van der Waals surface area contributed by atoms with Crippen molar-refractivity contribution in [1.82, 2.24) is 10.2 Å². The summed E-state index contributed by atoms with van der Waals surface area (Å²) in [5.74, 6) is 0.648. The third kappa shape index (κ3) is 7.99. The molecule has 5 nitrogen and oxygen atoms in total. The highest BCUT2D eigenvalue weighted by Crippen LogP contribution is 2.20. The summed E-state index contributed by atoms with van der Waals surface area (Å²) in [6.07, 6.45) is 0.418. The van der Waals surface area contributed by atoms with Crippen LogP contribution in [0.15, 0.2) is 84.9 Å². The number of rotatable bonds is 11. The van der Waals surface area contributed by atoms with E-state index in [2.05, 4.69) is 19.2 Å². The first-order valence-electron chi connectivity index (χ1n) is 12.2. The molecule has 0 aromatic heterocycles. The van der Waals surface area contributed by atoms with Crippen LogP contribution in [0.2, 0.25) is 0 Å². The van der Waals surface area contributed by atoms with Crippen molar-refractivity contribution >= 4 is 11.8 Å². The van der Waals surface area contributed by atoms with Crippen LogP contribution in [-0.2, 0) is 22.6 Å². The topological polar surface area (TPSA) is 58.6 Å². The molecule has 0 bridgehead atoms. The predicted octanol–water partition coefficient (Wildman–Crippen LogP) is 5.35. The molecule has 0 heterocycles. The van der Waals surface area contributed by atoms with Gasteiger partial charge in [-0.05, 0) is 48.6 Å². The zero-order valence-electron chi connectivity index (χ0n) is 21.1. The lowest BCUT2D eigenvalue weighted by Gasteiger charge is -2.32. The van der Waals surface area contributed by atoms with Gasteiger partial charge in [0.25, 0.3) is 5.91 Å². The lowest BCUT2D eigenvalue weighted by Crippen LogP contribution is -2.52. The van der Waals surface area contributed by atoms with Crippen LogP contribution in [0.1, 0.15) is 50.3 Å². The quantitative estimate of drug-likeness (QED) is 0.409. The Kier molecular flexibility index (Phi) is 9.47. The highest BCUT2D eigenvalue weighted by Gasteiger charge is 2.31. The van der Waals surface area contributed by atoms with E-state index >= 15 is 0 Å². The lowest BCUT2D eigenvalue weighted by atomic mass is 10.0. The second-order valence-electron chi connectivity index (χ2n) is 9.39. The summed E-state index contributed by atoms with van der Waals surface area (Å²) in [6.45, 7) is 8.29. The Morgan fingerprint density at radius 2 is 1.37 bits per heavy atom. The van der Waals surface area contributed by atoms with Gasteiger partial charge in [-0.2, -0.15) is 0 Å². The lowest BCUT2D eigenvalue weighted by molar-refractivity contribution is -0.143. The van der Waals surface area contributed by atoms with E-state index in [1.165, 1.54) is 5.56 Å². The van der Waals surface area contributed by atoms with Crippen molar-refractivity contribution in [1.29, 1.82) is 0 Å². The summed E-state index contributed by atoms with van der Waals surface area (Å²) in [4.78, 5) is 28.5. The molecule has 3 aromatic carbocycles. The molecule has 0 aliphatic rings. The Morgan fingerprint density at radius 3 is 1.91 bits per heavy atom. The fraction of sp³-hybridized carbons (Fsp3) is 0.333. The standard InChI is InChI=1S/C30H36N2O3/c1-22(2)26-15-17-27(18-16-26)35-21-29(33)32(20-25-13-9-6-10-14-25)28(30(34)31-23(3)4)19-24-11-7-5-8-12-24/h5-18,22-23,28H,19-21H2,1-4H3,(H,31,34).